The molecule has 2 aromatic rings. The van der Waals surface area contributed by atoms with Gasteiger partial charge in [-0.3, -0.25) is 4.79 Å². The largest absolute Gasteiger partial charge is 0.465 e. The summed E-state index contributed by atoms with van der Waals surface area (Å²) in [6.45, 7) is 1.99. The normalized spacial score (nSPS) is 19.3. The summed E-state index contributed by atoms with van der Waals surface area (Å²) in [5.41, 5.74) is 0.725. The number of nitrogens with zero attached hydrogens (tertiary/aromatic N) is 1. The maximum atomic E-state index is 12.7. The summed E-state index contributed by atoms with van der Waals surface area (Å²) in [5, 5.41) is 0. The number of carbonyl (C=O) groups is 2. The van der Waals surface area contributed by atoms with Crippen LogP contribution in [0.25, 0.3) is 0 Å². The minimum atomic E-state index is -1.14. The van der Waals surface area contributed by atoms with Gasteiger partial charge in [-0.05, 0) is 24.3 Å². The molecule has 3 rings (SSSR count). The van der Waals surface area contributed by atoms with Gasteiger partial charge in [0.1, 0.15) is 0 Å². The number of methoxy groups -OCH3 is 1. The molecule has 1 heterocycles. The van der Waals surface area contributed by atoms with E-state index in [0.29, 0.717) is 23.4 Å². The Morgan fingerprint density at radius 3 is 2.40 bits per heavy atom. The minimum Gasteiger partial charge on any atom is -0.465 e. The third-order valence-electron chi connectivity index (χ3n) is 4.21. The van der Waals surface area contributed by atoms with Crippen LogP contribution in [0.15, 0.2) is 59.6 Å². The zero-order valence-electron chi connectivity index (χ0n) is 14.2. The lowest BCUT2D eigenvalue weighted by Crippen LogP contribution is -2.34. The molecule has 0 fully saturated rings. The molecule has 0 saturated heterocycles. The number of amides is 1. The highest BCUT2D eigenvalue weighted by atomic mass is 16.5. The number of esters is 1. The van der Waals surface area contributed by atoms with Crippen molar-refractivity contribution in [2.24, 2.45) is 4.99 Å². The first-order valence-corrected chi connectivity index (χ1v) is 8.17. The van der Waals surface area contributed by atoms with Gasteiger partial charge in [-0.25, -0.2) is 4.79 Å². The Morgan fingerprint density at radius 1 is 1.12 bits per heavy atom. The highest BCUT2D eigenvalue weighted by molar-refractivity contribution is 6.09. The lowest BCUT2D eigenvalue weighted by molar-refractivity contribution is -0.132. The standard InChI is InChI=1S/C20H19NO4/c1-3-13-20(16-11-9-15(10-12-16)18(22)24-2)19(23)21-17(25-20)14-7-5-4-6-8-14/h4-12H,3,13H2,1-2H3/t20-/m1/s1. The van der Waals surface area contributed by atoms with Crippen molar-refractivity contribution in [1.82, 2.24) is 0 Å². The molecule has 1 amide bonds. The fourth-order valence-corrected chi connectivity index (χ4v) is 2.95. The lowest BCUT2D eigenvalue weighted by atomic mass is 9.88. The number of benzene rings is 2. The molecule has 0 unspecified atom stereocenters. The van der Waals surface area contributed by atoms with Gasteiger partial charge in [0, 0.05) is 17.5 Å². The molecule has 128 valence electrons. The Morgan fingerprint density at radius 2 is 1.80 bits per heavy atom. The van der Waals surface area contributed by atoms with Crippen molar-refractivity contribution in [3.8, 4) is 0 Å². The van der Waals surface area contributed by atoms with E-state index in [1.807, 2.05) is 37.3 Å². The summed E-state index contributed by atoms with van der Waals surface area (Å²) < 4.78 is 10.8. The summed E-state index contributed by atoms with van der Waals surface area (Å²) in [6.07, 6.45) is 1.26. The molecule has 0 saturated carbocycles. The van der Waals surface area contributed by atoms with Crippen molar-refractivity contribution >= 4 is 17.8 Å². The van der Waals surface area contributed by atoms with Crippen molar-refractivity contribution in [1.29, 1.82) is 0 Å². The first-order chi connectivity index (χ1) is 12.1. The smallest absolute Gasteiger partial charge is 0.337 e. The van der Waals surface area contributed by atoms with E-state index in [1.165, 1.54) is 7.11 Å². The predicted octanol–water partition coefficient (Wildman–Crippen LogP) is 3.47. The Labute approximate surface area is 146 Å². The van der Waals surface area contributed by atoms with Gasteiger partial charge in [-0.15, -0.1) is 0 Å². The molecule has 25 heavy (non-hydrogen) atoms. The van der Waals surface area contributed by atoms with Gasteiger partial charge in [0.2, 0.25) is 11.5 Å². The Bertz CT molecular complexity index is 811. The highest BCUT2D eigenvalue weighted by Crippen LogP contribution is 2.38. The molecule has 1 aliphatic rings. The first-order valence-electron chi connectivity index (χ1n) is 8.17. The Hall–Kier alpha value is -2.95. The lowest BCUT2D eigenvalue weighted by Gasteiger charge is -2.27. The van der Waals surface area contributed by atoms with Crippen molar-refractivity contribution in [2.75, 3.05) is 7.11 Å². The maximum Gasteiger partial charge on any atom is 0.337 e. The number of rotatable bonds is 5. The van der Waals surface area contributed by atoms with Gasteiger partial charge < -0.3 is 9.47 Å². The van der Waals surface area contributed by atoms with E-state index in [9.17, 15) is 9.59 Å². The summed E-state index contributed by atoms with van der Waals surface area (Å²) in [5.74, 6) is -0.411. The van der Waals surface area contributed by atoms with Gasteiger partial charge in [0.05, 0.1) is 12.7 Å². The minimum absolute atomic E-state index is 0.320. The molecule has 0 aliphatic carbocycles. The number of aliphatic imine (C=N–C) groups is 1. The van der Waals surface area contributed by atoms with Gasteiger partial charge in [-0.1, -0.05) is 43.7 Å². The predicted molar refractivity (Wildman–Crippen MR) is 93.4 cm³/mol. The molecule has 0 radical (unpaired) electrons. The van der Waals surface area contributed by atoms with E-state index in [1.54, 1.807) is 24.3 Å². The van der Waals surface area contributed by atoms with Crippen LogP contribution >= 0.6 is 0 Å². The summed E-state index contributed by atoms with van der Waals surface area (Å²) in [6, 6.07) is 16.1. The van der Waals surface area contributed by atoms with Crippen LogP contribution < -0.4 is 0 Å². The molecule has 0 bridgehead atoms. The van der Waals surface area contributed by atoms with Crippen LogP contribution in [0, 0.1) is 0 Å². The second kappa shape index (κ2) is 6.89. The monoisotopic (exact) mass is 337 g/mol. The van der Waals surface area contributed by atoms with Crippen LogP contribution in [-0.4, -0.2) is 24.9 Å². The SMILES string of the molecule is CCC[C@]1(c2ccc(C(=O)OC)cc2)OC(c2ccccc2)=NC1=O. The highest BCUT2D eigenvalue weighted by Gasteiger charge is 2.47. The van der Waals surface area contributed by atoms with E-state index in [4.69, 9.17) is 9.47 Å². The van der Waals surface area contributed by atoms with E-state index >= 15 is 0 Å². The van der Waals surface area contributed by atoms with Crippen LogP contribution in [0.4, 0.5) is 0 Å². The third-order valence-corrected chi connectivity index (χ3v) is 4.21. The first kappa shape index (κ1) is 16.9. The van der Waals surface area contributed by atoms with Crippen LogP contribution in [0.1, 0.15) is 41.3 Å². The molecular weight excluding hydrogens is 318 g/mol. The number of hydrogen-bond donors (Lipinski definition) is 0. The fraction of sp³-hybridized carbons (Fsp3) is 0.250. The van der Waals surface area contributed by atoms with Crippen LogP contribution in [0.3, 0.4) is 0 Å². The Kier molecular flexibility index (Phi) is 4.65. The number of carbonyl (C=O) groups excluding carboxylic acids is 2. The molecule has 0 N–H and O–H groups in total. The summed E-state index contributed by atoms with van der Waals surface area (Å²) in [4.78, 5) is 28.5. The van der Waals surface area contributed by atoms with E-state index in [0.717, 1.165) is 12.0 Å². The van der Waals surface area contributed by atoms with Gasteiger partial charge in [0.25, 0.3) is 5.91 Å². The molecule has 2 aromatic carbocycles. The van der Waals surface area contributed by atoms with Crippen molar-refractivity contribution < 1.29 is 19.1 Å². The van der Waals surface area contributed by atoms with Crippen LogP contribution in [-0.2, 0) is 19.9 Å². The second-order valence-electron chi connectivity index (χ2n) is 5.84. The molecule has 1 aliphatic heterocycles. The quantitative estimate of drug-likeness (QED) is 0.784. The van der Waals surface area contributed by atoms with Gasteiger partial charge in [-0.2, -0.15) is 4.99 Å². The van der Waals surface area contributed by atoms with E-state index < -0.39 is 11.6 Å². The molecule has 1 atom stereocenters. The van der Waals surface area contributed by atoms with E-state index in [-0.39, 0.29) is 5.91 Å². The molecule has 0 spiro atoms. The van der Waals surface area contributed by atoms with Gasteiger partial charge in [0.15, 0.2) is 0 Å². The van der Waals surface area contributed by atoms with Crippen LogP contribution in [0.2, 0.25) is 0 Å². The zero-order chi connectivity index (χ0) is 17.9. The number of hydrogen-bond acceptors (Lipinski definition) is 4. The molecular formula is C20H19NO4. The fourth-order valence-electron chi connectivity index (χ4n) is 2.95. The van der Waals surface area contributed by atoms with Crippen molar-refractivity contribution in [2.45, 2.75) is 25.4 Å². The van der Waals surface area contributed by atoms with Gasteiger partial charge >= 0.3 is 5.97 Å². The third kappa shape index (κ3) is 3.05. The molecule has 5 heteroatoms. The summed E-state index contributed by atoms with van der Waals surface area (Å²) >= 11 is 0. The topological polar surface area (TPSA) is 65.0 Å². The molecule has 5 nitrogen and oxygen atoms in total. The van der Waals surface area contributed by atoms with Crippen molar-refractivity contribution in [3.63, 3.8) is 0 Å². The van der Waals surface area contributed by atoms with Crippen LogP contribution in [0.5, 0.6) is 0 Å². The zero-order valence-corrected chi connectivity index (χ0v) is 14.2. The second-order valence-corrected chi connectivity index (χ2v) is 5.84. The average Bonchev–Trinajstić information content (AvgIpc) is 3.00. The number of ether oxygens (including phenoxy) is 2. The molecule has 0 aromatic heterocycles. The van der Waals surface area contributed by atoms with Crippen molar-refractivity contribution in [3.05, 3.63) is 71.3 Å². The maximum absolute atomic E-state index is 12.7. The van der Waals surface area contributed by atoms with E-state index in [2.05, 4.69) is 4.99 Å². The Balaban J connectivity index is 1.96. The average molecular weight is 337 g/mol. The summed E-state index contributed by atoms with van der Waals surface area (Å²) in [7, 11) is 1.33.